The van der Waals surface area contributed by atoms with Gasteiger partial charge in [0.1, 0.15) is 5.54 Å². The fourth-order valence-corrected chi connectivity index (χ4v) is 2.29. The molecule has 0 spiro atoms. The van der Waals surface area contributed by atoms with E-state index in [9.17, 15) is 14.7 Å². The molecule has 1 fully saturated rings. The van der Waals surface area contributed by atoms with E-state index in [1.807, 2.05) is 0 Å². The number of nitrogen functional groups attached to an aromatic ring is 1. The Labute approximate surface area is 115 Å². The summed E-state index contributed by atoms with van der Waals surface area (Å²) in [5.74, 6) is -1.53. The summed E-state index contributed by atoms with van der Waals surface area (Å²) < 4.78 is 0. The van der Waals surface area contributed by atoms with Gasteiger partial charge in [-0.2, -0.15) is 0 Å². The Hall–Kier alpha value is -1.75. The van der Waals surface area contributed by atoms with Crippen LogP contribution in [0.4, 0.5) is 5.69 Å². The topological polar surface area (TPSA) is 92.4 Å². The zero-order chi connectivity index (χ0) is 14.2. The maximum absolute atomic E-state index is 12.1. The van der Waals surface area contributed by atoms with E-state index in [4.69, 9.17) is 17.3 Å². The second-order valence-electron chi connectivity index (χ2n) is 5.01. The molecule has 1 atom stereocenters. The van der Waals surface area contributed by atoms with Crippen LogP contribution in [0.25, 0.3) is 0 Å². The number of carbonyl (C=O) groups is 2. The summed E-state index contributed by atoms with van der Waals surface area (Å²) in [6, 6.07) is 4.45. The quantitative estimate of drug-likeness (QED) is 0.736. The minimum absolute atomic E-state index is 0.0227. The molecule has 19 heavy (non-hydrogen) atoms. The molecule has 1 aromatic rings. The normalized spacial score (nSPS) is 17.6. The minimum atomic E-state index is -1.24. The average molecular weight is 283 g/mol. The first-order valence-electron chi connectivity index (χ1n) is 5.95. The van der Waals surface area contributed by atoms with Crippen LogP contribution >= 0.6 is 11.6 Å². The van der Waals surface area contributed by atoms with Crippen LogP contribution in [-0.2, 0) is 4.79 Å². The average Bonchev–Trinajstić information content (AvgIpc) is 3.10. The Bertz CT molecular complexity index is 522. The van der Waals surface area contributed by atoms with Crippen LogP contribution in [0, 0.1) is 5.92 Å². The summed E-state index contributed by atoms with van der Waals surface area (Å²) in [6.07, 6.45) is 1.61. The van der Waals surface area contributed by atoms with Crippen LogP contribution in [0.2, 0.25) is 5.02 Å². The summed E-state index contributed by atoms with van der Waals surface area (Å²) >= 11 is 5.83. The molecule has 5 nitrogen and oxygen atoms in total. The lowest BCUT2D eigenvalue weighted by Crippen LogP contribution is -2.54. The van der Waals surface area contributed by atoms with Gasteiger partial charge in [-0.1, -0.05) is 11.6 Å². The summed E-state index contributed by atoms with van der Waals surface area (Å²) in [5, 5.41) is 12.2. The molecular formula is C13H15ClN2O3. The number of benzene rings is 1. The van der Waals surface area contributed by atoms with Gasteiger partial charge in [0.2, 0.25) is 0 Å². The standard InChI is InChI=1S/C13H15ClN2O3/c1-13(12(18)19,8-2-3-8)16-11(17)7-4-9(14)6-10(15)5-7/h4-6,8H,2-3,15H2,1H3,(H,16,17)(H,18,19). The molecule has 4 N–H and O–H groups in total. The highest BCUT2D eigenvalue weighted by Gasteiger charge is 2.48. The smallest absolute Gasteiger partial charge is 0.329 e. The molecule has 1 aliphatic carbocycles. The van der Waals surface area contributed by atoms with E-state index in [1.165, 1.54) is 25.1 Å². The van der Waals surface area contributed by atoms with Crippen molar-refractivity contribution >= 4 is 29.2 Å². The molecule has 0 bridgehead atoms. The number of nitrogens with one attached hydrogen (secondary N) is 1. The van der Waals surface area contributed by atoms with E-state index in [0.29, 0.717) is 10.7 Å². The van der Waals surface area contributed by atoms with Gasteiger partial charge in [-0.05, 0) is 43.9 Å². The van der Waals surface area contributed by atoms with Crippen LogP contribution in [0.15, 0.2) is 18.2 Å². The monoisotopic (exact) mass is 282 g/mol. The zero-order valence-corrected chi connectivity index (χ0v) is 11.2. The van der Waals surface area contributed by atoms with Gasteiger partial charge in [0.25, 0.3) is 5.91 Å². The molecular weight excluding hydrogens is 268 g/mol. The third-order valence-corrected chi connectivity index (χ3v) is 3.61. The molecule has 0 radical (unpaired) electrons. The lowest BCUT2D eigenvalue weighted by atomic mass is 9.95. The first-order valence-corrected chi connectivity index (χ1v) is 6.32. The maximum atomic E-state index is 12.1. The van der Waals surface area contributed by atoms with Crippen molar-refractivity contribution in [2.75, 3.05) is 5.73 Å². The molecule has 6 heteroatoms. The van der Waals surface area contributed by atoms with Gasteiger partial charge in [-0.3, -0.25) is 4.79 Å². The van der Waals surface area contributed by atoms with Gasteiger partial charge in [-0.25, -0.2) is 4.79 Å². The number of hydrogen-bond acceptors (Lipinski definition) is 3. The number of carboxylic acids is 1. The maximum Gasteiger partial charge on any atom is 0.329 e. The van der Waals surface area contributed by atoms with Crippen molar-refractivity contribution in [3.63, 3.8) is 0 Å². The van der Waals surface area contributed by atoms with Gasteiger partial charge in [0.05, 0.1) is 0 Å². The number of rotatable bonds is 4. The van der Waals surface area contributed by atoms with Gasteiger partial charge >= 0.3 is 5.97 Å². The van der Waals surface area contributed by atoms with Gasteiger partial charge < -0.3 is 16.2 Å². The Kier molecular flexibility index (Phi) is 3.41. The molecule has 0 saturated heterocycles. The van der Waals surface area contributed by atoms with Crippen molar-refractivity contribution in [2.45, 2.75) is 25.3 Å². The molecule has 1 amide bonds. The highest BCUT2D eigenvalue weighted by molar-refractivity contribution is 6.31. The second kappa shape index (κ2) is 4.74. The van der Waals surface area contributed by atoms with Crippen molar-refractivity contribution in [3.05, 3.63) is 28.8 Å². The number of carbonyl (C=O) groups excluding carboxylic acids is 1. The number of hydrogen-bond donors (Lipinski definition) is 3. The molecule has 2 rings (SSSR count). The van der Waals surface area contributed by atoms with E-state index in [-0.39, 0.29) is 11.5 Å². The number of amides is 1. The van der Waals surface area contributed by atoms with Crippen LogP contribution in [-0.4, -0.2) is 22.5 Å². The highest BCUT2D eigenvalue weighted by atomic mass is 35.5. The first kappa shape index (κ1) is 13.7. The SMILES string of the molecule is CC(NC(=O)c1cc(N)cc(Cl)c1)(C(=O)O)C1CC1. The number of aliphatic carboxylic acids is 1. The fraction of sp³-hybridized carbons (Fsp3) is 0.385. The van der Waals surface area contributed by atoms with Crippen LogP contribution in [0.3, 0.4) is 0 Å². The molecule has 1 saturated carbocycles. The molecule has 1 aliphatic rings. The summed E-state index contributed by atoms with van der Waals surface area (Å²) in [6.45, 7) is 1.53. The second-order valence-corrected chi connectivity index (χ2v) is 5.45. The van der Waals surface area contributed by atoms with Crippen LogP contribution in [0.1, 0.15) is 30.1 Å². The van der Waals surface area contributed by atoms with E-state index in [1.54, 1.807) is 0 Å². The highest BCUT2D eigenvalue weighted by Crippen LogP contribution is 2.39. The summed E-state index contributed by atoms with van der Waals surface area (Å²) in [4.78, 5) is 23.5. The molecule has 0 aromatic heterocycles. The largest absolute Gasteiger partial charge is 0.480 e. The van der Waals surface area contributed by atoms with E-state index < -0.39 is 17.4 Å². The van der Waals surface area contributed by atoms with Crippen LogP contribution < -0.4 is 11.1 Å². The van der Waals surface area contributed by atoms with Gasteiger partial charge in [-0.15, -0.1) is 0 Å². The molecule has 0 aliphatic heterocycles. The number of anilines is 1. The Balaban J connectivity index is 2.22. The number of halogens is 1. The Morgan fingerprint density at radius 3 is 2.53 bits per heavy atom. The zero-order valence-electron chi connectivity index (χ0n) is 10.4. The van der Waals surface area contributed by atoms with E-state index in [2.05, 4.69) is 5.32 Å². The van der Waals surface area contributed by atoms with Crippen molar-refractivity contribution in [2.24, 2.45) is 5.92 Å². The third-order valence-electron chi connectivity index (χ3n) is 3.39. The number of carboxylic acid groups (broad SMARTS) is 1. The third kappa shape index (κ3) is 2.81. The summed E-state index contributed by atoms with van der Waals surface area (Å²) in [7, 11) is 0. The molecule has 102 valence electrons. The molecule has 0 heterocycles. The Morgan fingerprint density at radius 2 is 2.05 bits per heavy atom. The van der Waals surface area contributed by atoms with Crippen molar-refractivity contribution in [1.82, 2.24) is 5.32 Å². The number of nitrogens with two attached hydrogens (primary N) is 1. The van der Waals surface area contributed by atoms with Crippen molar-refractivity contribution < 1.29 is 14.7 Å². The minimum Gasteiger partial charge on any atom is -0.480 e. The Morgan fingerprint density at radius 1 is 1.42 bits per heavy atom. The van der Waals surface area contributed by atoms with Crippen LogP contribution in [0.5, 0.6) is 0 Å². The fourth-order valence-electron chi connectivity index (χ4n) is 2.04. The summed E-state index contributed by atoms with van der Waals surface area (Å²) in [5.41, 5.74) is 4.99. The van der Waals surface area contributed by atoms with E-state index in [0.717, 1.165) is 12.8 Å². The lowest BCUT2D eigenvalue weighted by Gasteiger charge is -2.26. The van der Waals surface area contributed by atoms with Gasteiger partial charge in [0.15, 0.2) is 0 Å². The molecule has 1 unspecified atom stereocenters. The molecule has 1 aromatic carbocycles. The predicted molar refractivity (Wildman–Crippen MR) is 72.1 cm³/mol. The lowest BCUT2D eigenvalue weighted by molar-refractivity contribution is -0.144. The van der Waals surface area contributed by atoms with Crippen molar-refractivity contribution in [3.8, 4) is 0 Å². The first-order chi connectivity index (χ1) is 8.83. The van der Waals surface area contributed by atoms with E-state index >= 15 is 0 Å². The predicted octanol–water partition coefficient (Wildman–Crippen LogP) is 1.91. The van der Waals surface area contributed by atoms with Crippen molar-refractivity contribution in [1.29, 1.82) is 0 Å². The van der Waals surface area contributed by atoms with Gasteiger partial charge in [0, 0.05) is 16.3 Å².